The standard InChI is InChI=1S/C32H36N2O5/c1-34-23(15-19-2-3-19)17-31-18-24(35)8-11-32(31,38)27(34)16-22-5-6-25(29(36)28(22)31)30(37)33-12-9-20-4-7-26-21(14-20)10-13-39-26/h4-7,10,13-14,19,23,27,36,38H,2-3,8-9,11-12,15-18H2,1H3,(H,33,37)/p+1/t23?,27-,31-,32-/m1/s1. The molecule has 2 saturated carbocycles. The molecule has 2 aromatic carbocycles. The van der Waals surface area contributed by atoms with Gasteiger partial charge in [-0.05, 0) is 67.0 Å². The zero-order valence-electron chi connectivity index (χ0n) is 22.5. The third-order valence-electron chi connectivity index (χ3n) is 10.4. The van der Waals surface area contributed by atoms with Crippen molar-refractivity contribution in [1.29, 1.82) is 0 Å². The van der Waals surface area contributed by atoms with Gasteiger partial charge in [0.05, 0.1) is 24.9 Å². The van der Waals surface area contributed by atoms with Gasteiger partial charge in [0, 0.05) is 55.0 Å². The fourth-order valence-electron chi connectivity index (χ4n) is 8.24. The number of furan rings is 1. The van der Waals surface area contributed by atoms with Crippen molar-refractivity contribution >= 4 is 22.7 Å². The lowest BCUT2D eigenvalue weighted by Crippen LogP contribution is -3.22. The lowest BCUT2D eigenvalue weighted by molar-refractivity contribution is -0.949. The molecule has 204 valence electrons. The van der Waals surface area contributed by atoms with Crippen LogP contribution in [0.25, 0.3) is 11.0 Å². The van der Waals surface area contributed by atoms with Gasteiger partial charge in [-0.15, -0.1) is 0 Å². The molecule has 1 amide bonds. The summed E-state index contributed by atoms with van der Waals surface area (Å²) in [5, 5.41) is 28.1. The topological polar surface area (TPSA) is 104 Å². The molecule has 39 heavy (non-hydrogen) atoms. The molecule has 7 nitrogen and oxygen atoms in total. The number of quaternary nitrogens is 1. The van der Waals surface area contributed by atoms with Crippen LogP contribution in [-0.2, 0) is 23.1 Å². The van der Waals surface area contributed by atoms with Crippen molar-refractivity contribution < 1.29 is 29.1 Å². The first kappa shape index (κ1) is 24.9. The van der Waals surface area contributed by atoms with Crippen LogP contribution >= 0.6 is 0 Å². The number of ketones is 1. The number of aromatic hydroxyl groups is 1. The molecule has 0 spiro atoms. The molecule has 1 aliphatic heterocycles. The number of nitrogens with one attached hydrogen (secondary N) is 2. The van der Waals surface area contributed by atoms with Crippen LogP contribution in [0.3, 0.4) is 0 Å². The Morgan fingerprint density at radius 1 is 1.21 bits per heavy atom. The van der Waals surface area contributed by atoms with Crippen molar-refractivity contribution in [3.63, 3.8) is 0 Å². The maximum Gasteiger partial charge on any atom is 0.255 e. The van der Waals surface area contributed by atoms with E-state index < -0.39 is 11.0 Å². The van der Waals surface area contributed by atoms with Gasteiger partial charge in [-0.1, -0.05) is 12.1 Å². The molecule has 2 unspecified atom stereocenters. The number of carbonyl (C=O) groups excluding carboxylic acids is 2. The Kier molecular flexibility index (Phi) is 5.69. The SMILES string of the molecule is C[NH+]1C(CC2CC2)C[C@]23CC(=O)CC[C@@]2(O)[C@H]1Cc1ccc(C(=O)NCCc2ccc4occc4c2)c(O)c13. The van der Waals surface area contributed by atoms with Gasteiger partial charge in [0.1, 0.15) is 28.8 Å². The Bertz CT molecular complexity index is 1470. The first-order valence-corrected chi connectivity index (χ1v) is 14.5. The molecule has 3 fully saturated rings. The highest BCUT2D eigenvalue weighted by atomic mass is 16.3. The number of hydrogen-bond donors (Lipinski definition) is 4. The lowest BCUT2D eigenvalue weighted by atomic mass is 9.48. The molecule has 4 aliphatic rings. The van der Waals surface area contributed by atoms with Crippen molar-refractivity contribution in [1.82, 2.24) is 5.32 Å². The fraction of sp³-hybridized carbons (Fsp3) is 0.500. The minimum Gasteiger partial charge on any atom is -0.507 e. The summed E-state index contributed by atoms with van der Waals surface area (Å²) < 4.78 is 5.41. The highest BCUT2D eigenvalue weighted by Gasteiger charge is 2.69. The fourth-order valence-corrected chi connectivity index (χ4v) is 8.24. The summed E-state index contributed by atoms with van der Waals surface area (Å²) in [5.41, 5.74) is 1.84. The molecule has 7 rings (SSSR count). The molecule has 2 heterocycles. The van der Waals surface area contributed by atoms with Crippen molar-refractivity contribution in [3.05, 3.63) is 64.9 Å². The van der Waals surface area contributed by atoms with E-state index in [1.54, 1.807) is 12.3 Å². The number of Topliss-reactive ketones (excluding diaryl/α,β-unsaturated/α-hetero) is 1. The third-order valence-corrected chi connectivity index (χ3v) is 10.4. The largest absolute Gasteiger partial charge is 0.507 e. The van der Waals surface area contributed by atoms with E-state index in [1.807, 2.05) is 24.3 Å². The molecule has 5 atom stereocenters. The highest BCUT2D eigenvalue weighted by molar-refractivity contribution is 5.98. The van der Waals surface area contributed by atoms with Gasteiger partial charge in [0.15, 0.2) is 0 Å². The van der Waals surface area contributed by atoms with E-state index in [2.05, 4.69) is 18.4 Å². The number of phenols is 1. The monoisotopic (exact) mass is 529 g/mol. The quantitative estimate of drug-likeness (QED) is 0.393. The predicted octanol–water partition coefficient (Wildman–Crippen LogP) is 2.84. The number of amides is 1. The maximum absolute atomic E-state index is 13.3. The number of carbonyl (C=O) groups is 2. The molecular formula is C32H37N2O5+. The zero-order valence-corrected chi connectivity index (χ0v) is 22.5. The average molecular weight is 530 g/mol. The normalized spacial score (nSPS) is 31.5. The Hall–Kier alpha value is -3.16. The van der Waals surface area contributed by atoms with Crippen LogP contribution in [0.5, 0.6) is 5.75 Å². The number of benzene rings is 2. The van der Waals surface area contributed by atoms with Gasteiger partial charge >= 0.3 is 0 Å². The Morgan fingerprint density at radius 3 is 2.87 bits per heavy atom. The first-order valence-electron chi connectivity index (χ1n) is 14.5. The van der Waals surface area contributed by atoms with Crippen LogP contribution in [0.4, 0.5) is 0 Å². The van der Waals surface area contributed by atoms with E-state index in [0.29, 0.717) is 50.3 Å². The zero-order chi connectivity index (χ0) is 26.9. The van der Waals surface area contributed by atoms with E-state index in [1.165, 1.54) is 17.7 Å². The summed E-state index contributed by atoms with van der Waals surface area (Å²) in [6.45, 7) is 0.423. The van der Waals surface area contributed by atoms with Crippen molar-refractivity contribution in [2.75, 3.05) is 13.6 Å². The van der Waals surface area contributed by atoms with Crippen LogP contribution in [-0.4, -0.2) is 53.2 Å². The Labute approximate surface area is 228 Å². The lowest BCUT2D eigenvalue weighted by Gasteiger charge is -2.62. The highest BCUT2D eigenvalue weighted by Crippen LogP contribution is 2.58. The predicted molar refractivity (Wildman–Crippen MR) is 146 cm³/mol. The molecule has 3 aliphatic carbocycles. The summed E-state index contributed by atoms with van der Waals surface area (Å²) in [6, 6.07) is 11.8. The van der Waals surface area contributed by atoms with Crippen LogP contribution in [0.2, 0.25) is 0 Å². The summed E-state index contributed by atoms with van der Waals surface area (Å²) in [5.74, 6) is 0.477. The van der Waals surface area contributed by atoms with Crippen molar-refractivity contribution in [3.8, 4) is 5.75 Å². The second-order valence-electron chi connectivity index (χ2n) is 12.6. The number of hydrogen-bond acceptors (Lipinski definition) is 5. The summed E-state index contributed by atoms with van der Waals surface area (Å²) in [7, 11) is 2.20. The smallest absolute Gasteiger partial charge is 0.255 e. The number of aliphatic hydroxyl groups is 1. The number of fused-ring (bicyclic) bond motifs is 2. The molecule has 4 N–H and O–H groups in total. The van der Waals surface area contributed by atoms with Crippen LogP contribution < -0.4 is 10.2 Å². The number of likely N-dealkylation sites (tertiary alicyclic amines) is 1. The number of rotatable bonds is 6. The number of likely N-dealkylation sites (N-methyl/N-ethyl adjacent to an activating group) is 1. The van der Waals surface area contributed by atoms with Crippen molar-refractivity contribution in [2.45, 2.75) is 80.9 Å². The van der Waals surface area contributed by atoms with Gasteiger partial charge in [-0.2, -0.15) is 0 Å². The molecule has 7 heteroatoms. The molecule has 3 aromatic rings. The Balaban J connectivity index is 1.19. The molecule has 1 aromatic heterocycles. The maximum atomic E-state index is 13.3. The molecule has 1 saturated heterocycles. The van der Waals surface area contributed by atoms with Crippen LogP contribution in [0.1, 0.15) is 72.0 Å². The summed E-state index contributed by atoms with van der Waals surface area (Å²) in [6.07, 6.45) is 8.24. The molecule has 0 radical (unpaired) electrons. The van der Waals surface area contributed by atoms with Gasteiger partial charge < -0.3 is 24.8 Å². The average Bonchev–Trinajstić information content (AvgIpc) is 3.60. The van der Waals surface area contributed by atoms with E-state index >= 15 is 0 Å². The van der Waals surface area contributed by atoms with E-state index in [0.717, 1.165) is 34.4 Å². The third kappa shape index (κ3) is 3.85. The van der Waals surface area contributed by atoms with Gasteiger partial charge in [-0.25, -0.2) is 0 Å². The second-order valence-corrected chi connectivity index (χ2v) is 12.6. The number of piperidine rings is 1. The van der Waals surface area contributed by atoms with Crippen molar-refractivity contribution in [2.24, 2.45) is 5.92 Å². The van der Waals surface area contributed by atoms with E-state index in [-0.39, 0.29) is 35.5 Å². The minimum absolute atomic E-state index is 0.0257. The van der Waals surface area contributed by atoms with Gasteiger partial charge in [0.25, 0.3) is 5.91 Å². The Morgan fingerprint density at radius 2 is 2.05 bits per heavy atom. The summed E-state index contributed by atoms with van der Waals surface area (Å²) >= 11 is 0. The second kappa shape index (κ2) is 8.93. The van der Waals surface area contributed by atoms with Gasteiger partial charge in [-0.3, -0.25) is 9.59 Å². The summed E-state index contributed by atoms with van der Waals surface area (Å²) in [4.78, 5) is 27.7. The van der Waals surface area contributed by atoms with Crippen LogP contribution in [0.15, 0.2) is 47.1 Å². The first-order chi connectivity index (χ1) is 18.8. The minimum atomic E-state index is -1.07. The molecular weight excluding hydrogens is 492 g/mol. The van der Waals surface area contributed by atoms with E-state index in [4.69, 9.17) is 4.42 Å². The van der Waals surface area contributed by atoms with E-state index in [9.17, 15) is 19.8 Å². The van der Waals surface area contributed by atoms with Crippen LogP contribution in [0, 0.1) is 5.92 Å². The molecule has 2 bridgehead atoms. The van der Waals surface area contributed by atoms with Gasteiger partial charge in [0.2, 0.25) is 0 Å². The number of phenolic OH excluding ortho intramolecular Hbond substituents is 1.